The molecule has 5 nitrogen and oxygen atoms in total. The number of aliphatic hydroxyl groups excluding tert-OH is 1. The molecule has 0 unspecified atom stereocenters. The third kappa shape index (κ3) is 4.23. The van der Waals surface area contributed by atoms with Gasteiger partial charge in [0, 0.05) is 19.1 Å². The molecule has 2 fully saturated rings. The van der Waals surface area contributed by atoms with Gasteiger partial charge in [0.15, 0.2) is 0 Å². The number of aliphatic hydroxyl groups is 1. The molecule has 1 N–H and O–H groups in total. The van der Waals surface area contributed by atoms with Crippen LogP contribution in [0.2, 0.25) is 0 Å². The summed E-state index contributed by atoms with van der Waals surface area (Å²) in [5.74, 6) is 0.681. The summed E-state index contributed by atoms with van der Waals surface area (Å²) in [6.45, 7) is 2.53. The summed E-state index contributed by atoms with van der Waals surface area (Å²) in [5.41, 5.74) is 0.606. The monoisotopic (exact) mass is 316 g/mol. The standard InChI is InChI=1S/C18H24N2O3/c19-11-14-5-7-16(8-6-14)23-13-15(21)12-20-9-10-22-18-4-2-1-3-17(18)20/h5-8,15,17-18,21H,1-4,9-10,12-13H2/t15-,17+,18+/m1/s1. The van der Waals surface area contributed by atoms with Crippen LogP contribution in [0, 0.1) is 11.3 Å². The van der Waals surface area contributed by atoms with Gasteiger partial charge < -0.3 is 14.6 Å². The first kappa shape index (κ1) is 16.3. The lowest BCUT2D eigenvalue weighted by Crippen LogP contribution is -2.55. The summed E-state index contributed by atoms with van der Waals surface area (Å²) >= 11 is 0. The van der Waals surface area contributed by atoms with Crippen LogP contribution in [0.15, 0.2) is 24.3 Å². The molecule has 5 heteroatoms. The summed E-state index contributed by atoms with van der Waals surface area (Å²) in [7, 11) is 0. The number of ether oxygens (including phenoxy) is 2. The maximum Gasteiger partial charge on any atom is 0.119 e. The fourth-order valence-corrected chi connectivity index (χ4v) is 3.54. The number of benzene rings is 1. The maximum atomic E-state index is 10.3. The van der Waals surface area contributed by atoms with Gasteiger partial charge in [-0.3, -0.25) is 4.90 Å². The third-order valence-electron chi connectivity index (χ3n) is 4.72. The molecule has 124 valence electrons. The second-order valence-corrected chi connectivity index (χ2v) is 6.36. The molecule has 0 amide bonds. The van der Waals surface area contributed by atoms with Crippen LogP contribution in [-0.4, -0.2) is 54.6 Å². The molecule has 1 heterocycles. The molecule has 1 aliphatic carbocycles. The summed E-state index contributed by atoms with van der Waals surface area (Å²) in [4.78, 5) is 2.36. The molecule has 1 aliphatic heterocycles. The van der Waals surface area contributed by atoms with Gasteiger partial charge in [-0.05, 0) is 37.1 Å². The van der Waals surface area contributed by atoms with Crippen molar-refractivity contribution in [2.45, 2.75) is 43.9 Å². The number of hydrogen-bond acceptors (Lipinski definition) is 5. The van der Waals surface area contributed by atoms with E-state index in [1.54, 1.807) is 24.3 Å². The van der Waals surface area contributed by atoms with Crippen LogP contribution >= 0.6 is 0 Å². The number of β-amino-alcohol motifs (C(OH)–C–C–N with tert-alkyl or cyclic N) is 1. The molecule has 1 saturated heterocycles. The van der Waals surface area contributed by atoms with Crippen molar-refractivity contribution in [3.63, 3.8) is 0 Å². The van der Waals surface area contributed by atoms with Gasteiger partial charge in [0.2, 0.25) is 0 Å². The summed E-state index contributed by atoms with van der Waals surface area (Å²) in [5, 5.41) is 19.1. The molecular weight excluding hydrogens is 292 g/mol. The summed E-state index contributed by atoms with van der Waals surface area (Å²) < 4.78 is 11.5. The van der Waals surface area contributed by atoms with E-state index in [2.05, 4.69) is 11.0 Å². The minimum absolute atomic E-state index is 0.265. The van der Waals surface area contributed by atoms with Gasteiger partial charge >= 0.3 is 0 Å². The Morgan fingerprint density at radius 2 is 2.09 bits per heavy atom. The quantitative estimate of drug-likeness (QED) is 0.899. The molecular formula is C18H24N2O3. The molecule has 1 saturated carbocycles. The van der Waals surface area contributed by atoms with Crippen LogP contribution in [0.1, 0.15) is 31.2 Å². The molecule has 1 aromatic rings. The van der Waals surface area contributed by atoms with E-state index < -0.39 is 6.10 Å². The Morgan fingerprint density at radius 3 is 2.87 bits per heavy atom. The highest BCUT2D eigenvalue weighted by Crippen LogP contribution is 2.28. The Kier molecular flexibility index (Phi) is 5.50. The van der Waals surface area contributed by atoms with Crippen molar-refractivity contribution < 1.29 is 14.6 Å². The lowest BCUT2D eigenvalue weighted by molar-refractivity contribution is -0.0992. The lowest BCUT2D eigenvalue weighted by atomic mass is 9.90. The van der Waals surface area contributed by atoms with Crippen LogP contribution < -0.4 is 4.74 Å². The van der Waals surface area contributed by atoms with Gasteiger partial charge in [-0.15, -0.1) is 0 Å². The average molecular weight is 316 g/mol. The first-order valence-electron chi connectivity index (χ1n) is 8.43. The summed E-state index contributed by atoms with van der Waals surface area (Å²) in [6, 6.07) is 9.48. The SMILES string of the molecule is N#Cc1ccc(OC[C@H](O)CN2CCO[C@H]3CCCC[C@@H]32)cc1. The molecule has 0 aromatic heterocycles. The van der Waals surface area contributed by atoms with Gasteiger partial charge in [-0.1, -0.05) is 12.8 Å². The van der Waals surface area contributed by atoms with E-state index in [1.165, 1.54) is 12.8 Å². The van der Waals surface area contributed by atoms with Crippen molar-refractivity contribution >= 4 is 0 Å². The topological polar surface area (TPSA) is 65.7 Å². The van der Waals surface area contributed by atoms with Gasteiger partial charge in [-0.25, -0.2) is 0 Å². The Balaban J connectivity index is 1.48. The van der Waals surface area contributed by atoms with Crippen LogP contribution in [0.25, 0.3) is 0 Å². The van der Waals surface area contributed by atoms with Crippen LogP contribution in [-0.2, 0) is 4.74 Å². The number of nitriles is 1. The fourth-order valence-electron chi connectivity index (χ4n) is 3.54. The number of morpholine rings is 1. The lowest BCUT2D eigenvalue weighted by Gasteiger charge is -2.44. The fraction of sp³-hybridized carbons (Fsp3) is 0.611. The van der Waals surface area contributed by atoms with Gasteiger partial charge in [-0.2, -0.15) is 5.26 Å². The van der Waals surface area contributed by atoms with E-state index in [1.807, 2.05) is 0 Å². The second kappa shape index (κ2) is 7.78. The predicted molar refractivity (Wildman–Crippen MR) is 86.2 cm³/mol. The van der Waals surface area contributed by atoms with Gasteiger partial charge in [0.1, 0.15) is 18.5 Å². The molecule has 3 atom stereocenters. The van der Waals surface area contributed by atoms with E-state index in [0.29, 0.717) is 30.0 Å². The Morgan fingerprint density at radius 1 is 1.30 bits per heavy atom. The largest absolute Gasteiger partial charge is 0.491 e. The Bertz CT molecular complexity index is 538. The van der Waals surface area contributed by atoms with E-state index in [-0.39, 0.29) is 6.61 Å². The Hall–Kier alpha value is -1.61. The number of nitrogens with zero attached hydrogens (tertiary/aromatic N) is 2. The molecule has 1 aromatic carbocycles. The first-order chi connectivity index (χ1) is 11.3. The number of fused-ring (bicyclic) bond motifs is 1. The highest BCUT2D eigenvalue weighted by atomic mass is 16.5. The van der Waals surface area contributed by atoms with E-state index in [0.717, 1.165) is 26.0 Å². The Labute approximate surface area is 137 Å². The molecule has 2 aliphatic rings. The van der Waals surface area contributed by atoms with Crippen molar-refractivity contribution in [3.05, 3.63) is 29.8 Å². The van der Waals surface area contributed by atoms with Crippen LogP contribution in [0.5, 0.6) is 5.75 Å². The highest BCUT2D eigenvalue weighted by Gasteiger charge is 2.34. The normalized spacial score (nSPS) is 26.1. The highest BCUT2D eigenvalue weighted by molar-refractivity contribution is 5.34. The molecule has 0 radical (unpaired) electrons. The molecule has 3 rings (SSSR count). The van der Waals surface area contributed by atoms with Crippen LogP contribution in [0.3, 0.4) is 0 Å². The number of hydrogen-bond donors (Lipinski definition) is 1. The zero-order valence-electron chi connectivity index (χ0n) is 13.4. The van der Waals surface area contributed by atoms with E-state index in [9.17, 15) is 5.11 Å². The molecule has 0 bridgehead atoms. The van der Waals surface area contributed by atoms with Crippen molar-refractivity contribution in [2.24, 2.45) is 0 Å². The predicted octanol–water partition coefficient (Wildman–Crippen LogP) is 1.94. The minimum atomic E-state index is -0.522. The van der Waals surface area contributed by atoms with Crippen LogP contribution in [0.4, 0.5) is 0 Å². The smallest absolute Gasteiger partial charge is 0.119 e. The van der Waals surface area contributed by atoms with Crippen molar-refractivity contribution in [1.29, 1.82) is 5.26 Å². The van der Waals surface area contributed by atoms with Crippen molar-refractivity contribution in [2.75, 3.05) is 26.3 Å². The molecule has 0 spiro atoms. The molecule has 23 heavy (non-hydrogen) atoms. The zero-order valence-corrected chi connectivity index (χ0v) is 13.4. The average Bonchev–Trinajstić information content (AvgIpc) is 2.61. The second-order valence-electron chi connectivity index (χ2n) is 6.36. The number of rotatable bonds is 5. The summed E-state index contributed by atoms with van der Waals surface area (Å²) in [6.07, 6.45) is 4.61. The third-order valence-corrected chi connectivity index (χ3v) is 4.72. The maximum absolute atomic E-state index is 10.3. The van der Waals surface area contributed by atoms with Gasteiger partial charge in [0.25, 0.3) is 0 Å². The van der Waals surface area contributed by atoms with Gasteiger partial charge in [0.05, 0.1) is 24.3 Å². The first-order valence-corrected chi connectivity index (χ1v) is 8.43. The van der Waals surface area contributed by atoms with E-state index in [4.69, 9.17) is 14.7 Å². The van der Waals surface area contributed by atoms with Crippen molar-refractivity contribution in [3.8, 4) is 11.8 Å². The zero-order chi connectivity index (χ0) is 16.1. The van der Waals surface area contributed by atoms with Crippen molar-refractivity contribution in [1.82, 2.24) is 4.90 Å². The van der Waals surface area contributed by atoms with E-state index >= 15 is 0 Å². The minimum Gasteiger partial charge on any atom is -0.491 e.